The fourth-order valence-electron chi connectivity index (χ4n) is 2.69. The minimum Gasteiger partial charge on any atom is -0.352 e. The van der Waals surface area contributed by atoms with Gasteiger partial charge in [0, 0.05) is 44.1 Å². The van der Waals surface area contributed by atoms with Crippen molar-refractivity contribution in [3.05, 3.63) is 29.6 Å². The van der Waals surface area contributed by atoms with Crippen molar-refractivity contribution in [2.45, 2.75) is 25.8 Å². The Morgan fingerprint density at radius 3 is 2.64 bits per heavy atom. The summed E-state index contributed by atoms with van der Waals surface area (Å²) < 4.78 is 0. The summed E-state index contributed by atoms with van der Waals surface area (Å²) in [5.41, 5.74) is 1.43. The monoisotopic (exact) mass is 302 g/mol. The van der Waals surface area contributed by atoms with Crippen LogP contribution in [-0.2, 0) is 4.79 Å². The highest BCUT2D eigenvalue weighted by Gasteiger charge is 2.27. The van der Waals surface area contributed by atoms with Gasteiger partial charge in [-0.1, -0.05) is 0 Å². The zero-order valence-corrected chi connectivity index (χ0v) is 12.9. The number of amides is 2. The molecule has 1 aromatic heterocycles. The molecule has 1 saturated carbocycles. The third-order valence-corrected chi connectivity index (χ3v) is 4.21. The molecule has 3 rings (SSSR count). The maximum absolute atomic E-state index is 12.5. The number of carbonyl (C=O) groups is 2. The molecule has 6 heteroatoms. The normalized spacial score (nSPS) is 19.0. The predicted molar refractivity (Wildman–Crippen MR) is 82.5 cm³/mol. The summed E-state index contributed by atoms with van der Waals surface area (Å²) in [5, 5.41) is 3.00. The van der Waals surface area contributed by atoms with Gasteiger partial charge in [0.05, 0.1) is 12.1 Å². The molecule has 2 fully saturated rings. The molecule has 0 unspecified atom stereocenters. The zero-order chi connectivity index (χ0) is 15.5. The van der Waals surface area contributed by atoms with Crippen LogP contribution in [0.15, 0.2) is 18.3 Å². The second-order valence-corrected chi connectivity index (χ2v) is 6.05. The SMILES string of the molecule is Cc1ncccc1C(=O)N1CCN(CC(=O)NC2CC2)CC1. The van der Waals surface area contributed by atoms with Crippen LogP contribution in [0.1, 0.15) is 28.9 Å². The smallest absolute Gasteiger partial charge is 0.255 e. The average Bonchev–Trinajstić information content (AvgIpc) is 3.31. The molecule has 1 aromatic rings. The van der Waals surface area contributed by atoms with E-state index in [-0.39, 0.29) is 11.8 Å². The number of hydrogen-bond acceptors (Lipinski definition) is 4. The largest absolute Gasteiger partial charge is 0.352 e. The summed E-state index contributed by atoms with van der Waals surface area (Å²) in [6.45, 7) is 5.08. The van der Waals surface area contributed by atoms with E-state index in [1.54, 1.807) is 12.3 Å². The molecule has 1 aliphatic carbocycles. The van der Waals surface area contributed by atoms with Crippen molar-refractivity contribution < 1.29 is 9.59 Å². The summed E-state index contributed by atoms with van der Waals surface area (Å²) in [4.78, 5) is 32.4. The van der Waals surface area contributed by atoms with Gasteiger partial charge >= 0.3 is 0 Å². The molecule has 118 valence electrons. The Morgan fingerprint density at radius 2 is 2.00 bits per heavy atom. The molecule has 0 radical (unpaired) electrons. The second-order valence-electron chi connectivity index (χ2n) is 6.05. The van der Waals surface area contributed by atoms with Crippen molar-refractivity contribution in [1.29, 1.82) is 0 Å². The minimum atomic E-state index is 0.0349. The molecule has 2 heterocycles. The Morgan fingerprint density at radius 1 is 1.27 bits per heavy atom. The number of aryl methyl sites for hydroxylation is 1. The summed E-state index contributed by atoms with van der Waals surface area (Å²) >= 11 is 0. The first-order chi connectivity index (χ1) is 10.6. The maximum atomic E-state index is 12.5. The lowest BCUT2D eigenvalue weighted by Gasteiger charge is -2.34. The number of hydrogen-bond donors (Lipinski definition) is 1. The average molecular weight is 302 g/mol. The van der Waals surface area contributed by atoms with Crippen LogP contribution in [0.5, 0.6) is 0 Å². The first-order valence-electron chi connectivity index (χ1n) is 7.86. The molecule has 22 heavy (non-hydrogen) atoms. The first-order valence-corrected chi connectivity index (χ1v) is 7.86. The standard InChI is InChI=1S/C16H22N4O2/c1-12-14(3-2-6-17-12)16(22)20-9-7-19(8-10-20)11-15(21)18-13-4-5-13/h2-3,6,13H,4-5,7-11H2,1H3,(H,18,21). The molecular formula is C16H22N4O2. The molecule has 1 N–H and O–H groups in total. The van der Waals surface area contributed by atoms with Gasteiger partial charge in [0.25, 0.3) is 5.91 Å². The number of pyridine rings is 1. The third-order valence-electron chi connectivity index (χ3n) is 4.21. The van der Waals surface area contributed by atoms with E-state index in [0.717, 1.165) is 31.6 Å². The molecule has 6 nitrogen and oxygen atoms in total. The van der Waals surface area contributed by atoms with Crippen molar-refractivity contribution in [1.82, 2.24) is 20.1 Å². The van der Waals surface area contributed by atoms with Crippen LogP contribution in [0.4, 0.5) is 0 Å². The van der Waals surface area contributed by atoms with E-state index in [0.29, 0.717) is 31.2 Å². The van der Waals surface area contributed by atoms with Crippen molar-refractivity contribution >= 4 is 11.8 Å². The van der Waals surface area contributed by atoms with Crippen LogP contribution >= 0.6 is 0 Å². The summed E-state index contributed by atoms with van der Waals surface area (Å²) in [5.74, 6) is 0.137. The minimum absolute atomic E-state index is 0.0349. The van der Waals surface area contributed by atoms with Gasteiger partial charge in [-0.05, 0) is 31.9 Å². The molecule has 2 aliphatic rings. The molecule has 0 bridgehead atoms. The van der Waals surface area contributed by atoms with E-state index in [1.165, 1.54) is 0 Å². The van der Waals surface area contributed by atoms with E-state index >= 15 is 0 Å². The van der Waals surface area contributed by atoms with Gasteiger partial charge < -0.3 is 10.2 Å². The molecule has 2 amide bonds. The van der Waals surface area contributed by atoms with Crippen LogP contribution in [0.25, 0.3) is 0 Å². The Hall–Kier alpha value is -1.95. The number of rotatable bonds is 4. The van der Waals surface area contributed by atoms with Gasteiger partial charge in [-0.3, -0.25) is 19.5 Å². The van der Waals surface area contributed by atoms with Gasteiger partial charge in [-0.2, -0.15) is 0 Å². The summed E-state index contributed by atoms with van der Waals surface area (Å²) in [6.07, 6.45) is 3.92. The quantitative estimate of drug-likeness (QED) is 0.876. The highest BCUT2D eigenvalue weighted by molar-refractivity contribution is 5.95. The third kappa shape index (κ3) is 3.62. The number of aromatic nitrogens is 1. The number of carbonyl (C=O) groups excluding carboxylic acids is 2. The molecule has 0 aromatic carbocycles. The summed E-state index contributed by atoms with van der Waals surface area (Å²) in [6, 6.07) is 4.02. The van der Waals surface area contributed by atoms with E-state index in [9.17, 15) is 9.59 Å². The lowest BCUT2D eigenvalue weighted by molar-refractivity contribution is -0.122. The first kappa shape index (κ1) is 15.0. The van der Waals surface area contributed by atoms with Crippen LogP contribution in [0.2, 0.25) is 0 Å². The predicted octanol–water partition coefficient (Wildman–Crippen LogP) is 0.426. The van der Waals surface area contributed by atoms with Crippen molar-refractivity contribution in [2.24, 2.45) is 0 Å². The van der Waals surface area contributed by atoms with Crippen molar-refractivity contribution in [3.63, 3.8) is 0 Å². The number of piperazine rings is 1. The topological polar surface area (TPSA) is 65.5 Å². The van der Waals surface area contributed by atoms with E-state index in [1.807, 2.05) is 17.9 Å². The maximum Gasteiger partial charge on any atom is 0.255 e. The van der Waals surface area contributed by atoms with Gasteiger partial charge in [0.1, 0.15) is 0 Å². The molecule has 0 spiro atoms. The van der Waals surface area contributed by atoms with E-state index < -0.39 is 0 Å². The highest BCUT2D eigenvalue weighted by Crippen LogP contribution is 2.18. The van der Waals surface area contributed by atoms with Crippen LogP contribution in [0.3, 0.4) is 0 Å². The molecule has 1 saturated heterocycles. The Bertz CT molecular complexity index is 563. The fraction of sp³-hybridized carbons (Fsp3) is 0.562. The number of nitrogens with zero attached hydrogens (tertiary/aromatic N) is 3. The Labute approximate surface area is 130 Å². The lowest BCUT2D eigenvalue weighted by Crippen LogP contribution is -2.51. The van der Waals surface area contributed by atoms with E-state index in [2.05, 4.69) is 15.2 Å². The molecule has 0 atom stereocenters. The molecular weight excluding hydrogens is 280 g/mol. The lowest BCUT2D eigenvalue weighted by atomic mass is 10.1. The zero-order valence-electron chi connectivity index (χ0n) is 12.9. The number of nitrogens with one attached hydrogen (secondary N) is 1. The van der Waals surface area contributed by atoms with Crippen LogP contribution < -0.4 is 5.32 Å². The van der Waals surface area contributed by atoms with Gasteiger partial charge in [0.2, 0.25) is 5.91 Å². The Balaban J connectivity index is 1.49. The Kier molecular flexibility index (Phi) is 4.38. The summed E-state index contributed by atoms with van der Waals surface area (Å²) in [7, 11) is 0. The highest BCUT2D eigenvalue weighted by atomic mass is 16.2. The van der Waals surface area contributed by atoms with Gasteiger partial charge in [-0.25, -0.2) is 0 Å². The van der Waals surface area contributed by atoms with Gasteiger partial charge in [-0.15, -0.1) is 0 Å². The molecule has 1 aliphatic heterocycles. The second kappa shape index (κ2) is 6.44. The van der Waals surface area contributed by atoms with Gasteiger partial charge in [0.15, 0.2) is 0 Å². The van der Waals surface area contributed by atoms with Crippen LogP contribution in [-0.4, -0.2) is 65.4 Å². The van der Waals surface area contributed by atoms with Crippen molar-refractivity contribution in [3.8, 4) is 0 Å². The fourth-order valence-corrected chi connectivity index (χ4v) is 2.69. The van der Waals surface area contributed by atoms with Crippen molar-refractivity contribution in [2.75, 3.05) is 32.7 Å². The van der Waals surface area contributed by atoms with Crippen LogP contribution in [0, 0.1) is 6.92 Å². The van der Waals surface area contributed by atoms with E-state index in [4.69, 9.17) is 0 Å².